The summed E-state index contributed by atoms with van der Waals surface area (Å²) in [7, 11) is 0. The van der Waals surface area contributed by atoms with Gasteiger partial charge in [0.1, 0.15) is 6.29 Å². The van der Waals surface area contributed by atoms with Gasteiger partial charge in [-0.2, -0.15) is 0 Å². The fraction of sp³-hybridized carbons (Fsp3) is 0.625. The minimum atomic E-state index is 0.217. The van der Waals surface area contributed by atoms with Gasteiger partial charge in [-0.25, -0.2) is 0 Å². The second kappa shape index (κ2) is 3.33. The summed E-state index contributed by atoms with van der Waals surface area (Å²) >= 11 is 3.45. The number of carbonyl (C=O) groups excluding carboxylic acids is 1. The van der Waals surface area contributed by atoms with Crippen molar-refractivity contribution in [3.63, 3.8) is 0 Å². The Morgan fingerprint density at radius 3 is 2.80 bits per heavy atom. The quantitative estimate of drug-likeness (QED) is 0.362. The van der Waals surface area contributed by atoms with Crippen molar-refractivity contribution in [1.29, 1.82) is 0 Å². The average molecular weight is 203 g/mol. The lowest BCUT2D eigenvalue weighted by atomic mass is 9.86. The first-order valence-electron chi connectivity index (χ1n) is 3.51. The Morgan fingerprint density at radius 1 is 1.60 bits per heavy atom. The van der Waals surface area contributed by atoms with Crippen molar-refractivity contribution in [2.24, 2.45) is 11.8 Å². The number of halogens is 1. The molecule has 1 rings (SSSR count). The highest BCUT2D eigenvalue weighted by atomic mass is 79.9. The predicted molar refractivity (Wildman–Crippen MR) is 45.2 cm³/mol. The van der Waals surface area contributed by atoms with E-state index in [4.69, 9.17) is 0 Å². The number of allylic oxidation sites excluding steroid dienone is 2. The van der Waals surface area contributed by atoms with Crippen LogP contribution in [0, 0.1) is 11.8 Å². The smallest absolute Gasteiger partial charge is 0.123 e. The third-order valence-corrected chi connectivity index (χ3v) is 2.65. The molecule has 0 bridgehead atoms. The molecule has 1 nitrogen and oxygen atoms in total. The van der Waals surface area contributed by atoms with E-state index in [1.54, 1.807) is 0 Å². The Morgan fingerprint density at radius 2 is 2.30 bits per heavy atom. The monoisotopic (exact) mass is 202 g/mol. The van der Waals surface area contributed by atoms with Crippen LogP contribution in [0.3, 0.4) is 0 Å². The first-order chi connectivity index (χ1) is 4.74. The molecule has 0 amide bonds. The van der Waals surface area contributed by atoms with Gasteiger partial charge in [0.15, 0.2) is 0 Å². The summed E-state index contributed by atoms with van der Waals surface area (Å²) in [5.74, 6) is 0.640. The van der Waals surface area contributed by atoms with E-state index in [0.29, 0.717) is 10.7 Å². The number of hydrogen-bond acceptors (Lipinski definition) is 1. The van der Waals surface area contributed by atoms with Crippen molar-refractivity contribution in [3.8, 4) is 0 Å². The highest BCUT2D eigenvalue weighted by Gasteiger charge is 2.20. The molecule has 1 aliphatic rings. The zero-order valence-electron chi connectivity index (χ0n) is 5.96. The van der Waals surface area contributed by atoms with Gasteiger partial charge in [-0.05, 0) is 12.3 Å². The lowest BCUT2D eigenvalue weighted by Gasteiger charge is -2.21. The van der Waals surface area contributed by atoms with E-state index >= 15 is 0 Å². The summed E-state index contributed by atoms with van der Waals surface area (Å²) in [6.45, 7) is 2.08. The van der Waals surface area contributed by atoms with Gasteiger partial charge in [0.05, 0.1) is 0 Å². The molecule has 56 valence electrons. The summed E-state index contributed by atoms with van der Waals surface area (Å²) < 4.78 is 0. The van der Waals surface area contributed by atoms with Crippen molar-refractivity contribution in [2.75, 3.05) is 0 Å². The minimum absolute atomic E-state index is 0.217. The first-order valence-corrected chi connectivity index (χ1v) is 4.43. The molecule has 0 heterocycles. The van der Waals surface area contributed by atoms with Gasteiger partial charge in [-0.1, -0.05) is 35.0 Å². The SMILES string of the molecule is CC1C=CC(Br)CC1C=O. The highest BCUT2D eigenvalue weighted by molar-refractivity contribution is 9.09. The average Bonchev–Trinajstić information content (AvgIpc) is 1.94. The Kier molecular flexibility index (Phi) is 2.66. The molecule has 0 radical (unpaired) electrons. The lowest BCUT2D eigenvalue weighted by Crippen LogP contribution is -2.19. The molecule has 3 atom stereocenters. The van der Waals surface area contributed by atoms with Crippen LogP contribution < -0.4 is 0 Å². The fourth-order valence-electron chi connectivity index (χ4n) is 1.17. The summed E-state index contributed by atoms with van der Waals surface area (Å²) in [6, 6.07) is 0. The van der Waals surface area contributed by atoms with Crippen LogP contribution in [0.15, 0.2) is 12.2 Å². The number of hydrogen-bond donors (Lipinski definition) is 0. The Balaban J connectivity index is 2.61. The van der Waals surface area contributed by atoms with E-state index in [1.807, 2.05) is 0 Å². The van der Waals surface area contributed by atoms with Gasteiger partial charge in [0.25, 0.3) is 0 Å². The topological polar surface area (TPSA) is 17.1 Å². The first kappa shape index (κ1) is 7.99. The maximum absolute atomic E-state index is 10.5. The number of carbonyl (C=O) groups is 1. The molecule has 1 aliphatic carbocycles. The van der Waals surface area contributed by atoms with Crippen LogP contribution in [-0.4, -0.2) is 11.1 Å². The number of rotatable bonds is 1. The van der Waals surface area contributed by atoms with Crippen LogP contribution >= 0.6 is 15.9 Å². The third kappa shape index (κ3) is 1.69. The molecule has 3 unspecified atom stereocenters. The summed E-state index contributed by atoms with van der Waals surface area (Å²) in [6.07, 6.45) is 6.22. The largest absolute Gasteiger partial charge is 0.303 e. The number of aldehydes is 1. The van der Waals surface area contributed by atoms with Gasteiger partial charge in [-0.3, -0.25) is 0 Å². The third-order valence-electron chi connectivity index (χ3n) is 1.97. The molecule has 0 aromatic carbocycles. The zero-order valence-corrected chi connectivity index (χ0v) is 7.54. The van der Waals surface area contributed by atoms with E-state index in [9.17, 15) is 4.79 Å². The molecule has 0 spiro atoms. The molecule has 0 aromatic rings. The summed E-state index contributed by atoms with van der Waals surface area (Å²) in [5.41, 5.74) is 0. The molecule has 0 fully saturated rings. The van der Waals surface area contributed by atoms with E-state index in [2.05, 4.69) is 35.0 Å². The molecule has 2 heteroatoms. The minimum Gasteiger partial charge on any atom is -0.303 e. The molecule has 0 saturated carbocycles. The van der Waals surface area contributed by atoms with Crippen molar-refractivity contribution in [3.05, 3.63) is 12.2 Å². The van der Waals surface area contributed by atoms with Crippen LogP contribution in [0.25, 0.3) is 0 Å². The molecule has 0 saturated heterocycles. The lowest BCUT2D eigenvalue weighted by molar-refractivity contribution is -0.112. The fourth-order valence-corrected chi connectivity index (χ4v) is 1.78. The molecule has 0 aromatic heterocycles. The van der Waals surface area contributed by atoms with Crippen molar-refractivity contribution in [2.45, 2.75) is 18.2 Å². The van der Waals surface area contributed by atoms with Gasteiger partial charge < -0.3 is 4.79 Å². The summed E-state index contributed by atoms with van der Waals surface area (Å²) in [4.78, 5) is 10.9. The van der Waals surface area contributed by atoms with Crippen LogP contribution in [0.1, 0.15) is 13.3 Å². The van der Waals surface area contributed by atoms with Gasteiger partial charge in [0, 0.05) is 10.7 Å². The standard InChI is InChI=1S/C8H11BrO/c1-6-2-3-8(9)4-7(6)5-10/h2-3,5-8H,4H2,1H3. The second-order valence-corrected chi connectivity index (χ2v) is 3.97. The molecule has 0 N–H and O–H groups in total. The van der Waals surface area contributed by atoms with E-state index in [-0.39, 0.29) is 5.92 Å². The van der Waals surface area contributed by atoms with E-state index in [1.165, 1.54) is 0 Å². The van der Waals surface area contributed by atoms with Gasteiger partial charge >= 0.3 is 0 Å². The van der Waals surface area contributed by atoms with Crippen molar-refractivity contribution < 1.29 is 4.79 Å². The predicted octanol–water partition coefficient (Wildman–Crippen LogP) is 2.16. The Hall–Kier alpha value is -0.110. The Labute approximate surface area is 69.6 Å². The van der Waals surface area contributed by atoms with Gasteiger partial charge in [0.2, 0.25) is 0 Å². The zero-order chi connectivity index (χ0) is 7.56. The van der Waals surface area contributed by atoms with Crippen LogP contribution in [0.2, 0.25) is 0 Å². The molecule has 0 aliphatic heterocycles. The summed E-state index contributed by atoms with van der Waals surface area (Å²) in [5, 5.41) is 0. The maximum atomic E-state index is 10.5. The Bertz CT molecular complexity index is 153. The molecular formula is C8H11BrO. The second-order valence-electron chi connectivity index (χ2n) is 2.80. The van der Waals surface area contributed by atoms with Crippen LogP contribution in [-0.2, 0) is 4.79 Å². The van der Waals surface area contributed by atoms with Gasteiger partial charge in [-0.15, -0.1) is 0 Å². The van der Waals surface area contributed by atoms with E-state index in [0.717, 1.165) is 12.7 Å². The van der Waals surface area contributed by atoms with Crippen LogP contribution in [0.5, 0.6) is 0 Å². The molecule has 10 heavy (non-hydrogen) atoms. The molecular weight excluding hydrogens is 192 g/mol. The van der Waals surface area contributed by atoms with Crippen LogP contribution in [0.4, 0.5) is 0 Å². The number of alkyl halides is 1. The highest BCUT2D eigenvalue weighted by Crippen LogP contribution is 2.26. The van der Waals surface area contributed by atoms with Crippen molar-refractivity contribution in [1.82, 2.24) is 0 Å². The van der Waals surface area contributed by atoms with Crippen molar-refractivity contribution >= 4 is 22.2 Å². The van der Waals surface area contributed by atoms with E-state index < -0.39 is 0 Å². The normalized spacial score (nSPS) is 39.6. The maximum Gasteiger partial charge on any atom is 0.123 e.